The van der Waals surface area contributed by atoms with Gasteiger partial charge in [-0.2, -0.15) is 0 Å². The largest absolute Gasteiger partial charge is 0.250 e. The van der Waals surface area contributed by atoms with Crippen LogP contribution in [0.25, 0.3) is 33.8 Å². The summed E-state index contributed by atoms with van der Waals surface area (Å²) in [5, 5.41) is 2.73. The molecule has 0 N–H and O–H groups in total. The van der Waals surface area contributed by atoms with Gasteiger partial charge in [0.2, 0.25) is 0 Å². The molecular formula is C23H14N2Si. The van der Waals surface area contributed by atoms with E-state index in [1.807, 2.05) is 0 Å². The summed E-state index contributed by atoms with van der Waals surface area (Å²) in [5.41, 5.74) is 9.43. The van der Waals surface area contributed by atoms with Crippen LogP contribution in [-0.4, -0.2) is 19.5 Å². The Morgan fingerprint density at radius 1 is 0.615 bits per heavy atom. The molecule has 0 saturated heterocycles. The molecule has 26 heavy (non-hydrogen) atoms. The molecule has 0 bridgehead atoms. The molecule has 2 nitrogen and oxygen atoms in total. The number of nitrogens with zero attached hydrogens (tertiary/aromatic N) is 2. The van der Waals surface area contributed by atoms with Crippen LogP contribution in [0.3, 0.4) is 0 Å². The number of fused-ring (bicyclic) bond motifs is 6. The lowest BCUT2D eigenvalue weighted by Crippen LogP contribution is -2.20. The Labute approximate surface area is 154 Å². The zero-order valence-corrected chi connectivity index (χ0v) is 15.0. The van der Waals surface area contributed by atoms with Gasteiger partial charge in [-0.05, 0) is 39.2 Å². The van der Waals surface area contributed by atoms with Gasteiger partial charge < -0.3 is 0 Å². The van der Waals surface area contributed by atoms with Crippen molar-refractivity contribution in [2.24, 2.45) is 0 Å². The normalized spacial score (nSPS) is 13.1. The van der Waals surface area contributed by atoms with E-state index < -0.39 is 0 Å². The van der Waals surface area contributed by atoms with Crippen LogP contribution in [0.2, 0.25) is 0 Å². The van der Waals surface area contributed by atoms with Gasteiger partial charge in [-0.1, -0.05) is 60.7 Å². The molecule has 1 aliphatic carbocycles. The monoisotopic (exact) mass is 346 g/mol. The van der Waals surface area contributed by atoms with Crippen LogP contribution >= 0.6 is 0 Å². The fraction of sp³-hybridized carbons (Fsp3) is 0.0435. The van der Waals surface area contributed by atoms with Crippen LogP contribution in [0.15, 0.2) is 72.8 Å². The van der Waals surface area contributed by atoms with Crippen molar-refractivity contribution in [1.82, 2.24) is 9.97 Å². The Morgan fingerprint density at radius 2 is 1.38 bits per heavy atom. The van der Waals surface area contributed by atoms with E-state index in [4.69, 9.17) is 9.97 Å². The van der Waals surface area contributed by atoms with E-state index >= 15 is 0 Å². The summed E-state index contributed by atoms with van der Waals surface area (Å²) >= 11 is 0. The molecule has 2 aromatic heterocycles. The SMILES string of the molecule is c1ccc2c(c1)Cc1nc(-c3ccc4c(n3)-c3ccccc3[Si]4)ccc1-2. The summed E-state index contributed by atoms with van der Waals surface area (Å²) < 4.78 is 0. The molecule has 1 aliphatic heterocycles. The minimum absolute atomic E-state index is 0.706. The third-order valence-electron chi connectivity index (χ3n) is 5.25. The number of hydrogen-bond donors (Lipinski definition) is 0. The highest BCUT2D eigenvalue weighted by atomic mass is 28.2. The van der Waals surface area contributed by atoms with E-state index in [9.17, 15) is 0 Å². The van der Waals surface area contributed by atoms with Crippen molar-refractivity contribution >= 4 is 19.9 Å². The Kier molecular flexibility index (Phi) is 2.85. The van der Waals surface area contributed by atoms with Crippen LogP contribution in [0, 0.1) is 0 Å². The van der Waals surface area contributed by atoms with E-state index in [0.717, 1.165) is 29.2 Å². The zero-order chi connectivity index (χ0) is 17.1. The van der Waals surface area contributed by atoms with Gasteiger partial charge in [0.05, 0.1) is 22.8 Å². The second-order valence-electron chi connectivity index (χ2n) is 6.79. The third-order valence-corrected chi connectivity index (χ3v) is 6.63. The van der Waals surface area contributed by atoms with Crippen molar-refractivity contribution in [2.75, 3.05) is 0 Å². The average molecular weight is 346 g/mol. The summed E-state index contributed by atoms with van der Waals surface area (Å²) in [5.74, 6) is 0. The van der Waals surface area contributed by atoms with Crippen LogP contribution in [0.1, 0.15) is 11.3 Å². The lowest BCUT2D eigenvalue weighted by molar-refractivity contribution is 1.12. The number of aromatic nitrogens is 2. The summed E-state index contributed by atoms with van der Waals surface area (Å²) in [6.07, 6.45) is 0.911. The maximum absolute atomic E-state index is 4.98. The molecule has 2 radical (unpaired) electrons. The van der Waals surface area contributed by atoms with Gasteiger partial charge in [0.15, 0.2) is 0 Å². The van der Waals surface area contributed by atoms with Gasteiger partial charge in [-0.25, -0.2) is 4.98 Å². The Hall–Kier alpha value is -3.04. The molecule has 0 spiro atoms. The van der Waals surface area contributed by atoms with E-state index in [0.29, 0.717) is 9.52 Å². The van der Waals surface area contributed by atoms with Crippen molar-refractivity contribution in [3.8, 4) is 33.8 Å². The molecule has 3 heteroatoms. The van der Waals surface area contributed by atoms with Gasteiger partial charge in [0.1, 0.15) is 9.52 Å². The summed E-state index contributed by atoms with van der Waals surface area (Å²) in [7, 11) is 0.706. The highest BCUT2D eigenvalue weighted by Gasteiger charge is 2.22. The molecule has 2 aromatic carbocycles. The highest BCUT2D eigenvalue weighted by Crippen LogP contribution is 2.36. The summed E-state index contributed by atoms with van der Waals surface area (Å²) in [6, 6.07) is 25.8. The first-order valence-electron chi connectivity index (χ1n) is 8.83. The number of pyridine rings is 2. The van der Waals surface area contributed by atoms with Crippen molar-refractivity contribution in [2.45, 2.75) is 6.42 Å². The predicted molar refractivity (Wildman–Crippen MR) is 106 cm³/mol. The number of hydrogen-bond acceptors (Lipinski definition) is 2. The molecular weight excluding hydrogens is 332 g/mol. The van der Waals surface area contributed by atoms with Gasteiger partial charge >= 0.3 is 0 Å². The Morgan fingerprint density at radius 3 is 2.35 bits per heavy atom. The summed E-state index contributed by atoms with van der Waals surface area (Å²) in [4.78, 5) is 9.94. The standard InChI is InChI=1S/C23H14N2Si/c1-2-6-15-14(5-1)13-20-16(15)9-10-18(24-20)19-11-12-22-23(25-19)17-7-3-4-8-21(17)26-22/h1-12H,13H2. The molecule has 0 amide bonds. The summed E-state index contributed by atoms with van der Waals surface area (Å²) in [6.45, 7) is 0. The fourth-order valence-corrected chi connectivity index (χ4v) is 5.28. The third kappa shape index (κ3) is 1.98. The zero-order valence-electron chi connectivity index (χ0n) is 14.0. The van der Waals surface area contributed by atoms with Crippen LogP contribution < -0.4 is 10.4 Å². The second-order valence-corrected chi connectivity index (χ2v) is 8.12. The van der Waals surface area contributed by atoms with Crippen molar-refractivity contribution in [3.63, 3.8) is 0 Å². The Bertz CT molecular complexity index is 1200. The number of benzene rings is 2. The van der Waals surface area contributed by atoms with E-state index in [1.165, 1.54) is 32.6 Å². The van der Waals surface area contributed by atoms with Gasteiger partial charge in [-0.15, -0.1) is 0 Å². The molecule has 0 unspecified atom stereocenters. The number of rotatable bonds is 1. The smallest absolute Gasteiger partial charge is 0.125 e. The van der Waals surface area contributed by atoms with Crippen molar-refractivity contribution in [1.29, 1.82) is 0 Å². The van der Waals surface area contributed by atoms with E-state index in [-0.39, 0.29) is 0 Å². The Balaban J connectivity index is 1.46. The highest BCUT2D eigenvalue weighted by molar-refractivity contribution is 6.73. The van der Waals surface area contributed by atoms with Crippen LogP contribution in [0.5, 0.6) is 0 Å². The van der Waals surface area contributed by atoms with E-state index in [2.05, 4.69) is 72.8 Å². The van der Waals surface area contributed by atoms with Crippen LogP contribution in [-0.2, 0) is 6.42 Å². The maximum atomic E-state index is 4.98. The molecule has 3 heterocycles. The maximum Gasteiger partial charge on any atom is 0.125 e. The predicted octanol–water partition coefficient (Wildman–Crippen LogP) is 3.35. The van der Waals surface area contributed by atoms with Gasteiger partial charge in [0.25, 0.3) is 0 Å². The van der Waals surface area contributed by atoms with Crippen molar-refractivity contribution in [3.05, 3.63) is 84.1 Å². The first-order chi connectivity index (χ1) is 12.9. The van der Waals surface area contributed by atoms with Crippen LogP contribution in [0.4, 0.5) is 0 Å². The minimum Gasteiger partial charge on any atom is -0.250 e. The second kappa shape index (κ2) is 5.23. The minimum atomic E-state index is 0.706. The topological polar surface area (TPSA) is 25.8 Å². The quantitative estimate of drug-likeness (QED) is 0.427. The average Bonchev–Trinajstić information content (AvgIpc) is 3.25. The molecule has 0 fully saturated rings. The van der Waals surface area contributed by atoms with Crippen molar-refractivity contribution < 1.29 is 0 Å². The first kappa shape index (κ1) is 14.2. The first-order valence-corrected chi connectivity index (χ1v) is 9.83. The molecule has 120 valence electrons. The lowest BCUT2D eigenvalue weighted by Gasteiger charge is -2.07. The molecule has 0 atom stereocenters. The van der Waals surface area contributed by atoms with E-state index in [1.54, 1.807) is 0 Å². The molecule has 0 saturated carbocycles. The lowest BCUT2D eigenvalue weighted by atomic mass is 10.1. The molecule has 2 aliphatic rings. The van der Waals surface area contributed by atoms with Gasteiger partial charge in [-0.3, -0.25) is 4.98 Å². The molecule has 4 aromatic rings. The van der Waals surface area contributed by atoms with Gasteiger partial charge in [0, 0.05) is 12.0 Å². The molecule has 6 rings (SSSR count). The fourth-order valence-electron chi connectivity index (χ4n) is 3.99.